The van der Waals surface area contributed by atoms with Crippen LogP contribution < -0.4 is 15.4 Å². The Morgan fingerprint density at radius 3 is 2.72 bits per heavy atom. The fraction of sp³-hybridized carbons (Fsp3) is 0.400. The molecule has 0 saturated carbocycles. The van der Waals surface area contributed by atoms with Crippen molar-refractivity contribution < 1.29 is 18.0 Å². The van der Waals surface area contributed by atoms with Gasteiger partial charge in [0.25, 0.3) is 0 Å². The molecule has 138 valence electrons. The van der Waals surface area contributed by atoms with Gasteiger partial charge < -0.3 is 19.9 Å². The Balaban J connectivity index is 0.00000312. The lowest BCUT2D eigenvalue weighted by molar-refractivity contribution is -0.0504. The molecule has 1 aromatic heterocycles. The second-order valence-corrected chi connectivity index (χ2v) is 4.77. The summed E-state index contributed by atoms with van der Waals surface area (Å²) in [5, 5.41) is 9.78. The molecule has 2 N–H and O–H groups in total. The van der Waals surface area contributed by atoms with Crippen LogP contribution in [0.2, 0.25) is 0 Å². The number of hydrogen-bond donors (Lipinski definition) is 2. The van der Waals surface area contributed by atoms with E-state index in [1.54, 1.807) is 25.1 Å². The number of benzene rings is 1. The Morgan fingerprint density at radius 2 is 2.08 bits per heavy atom. The minimum absolute atomic E-state index is 0. The van der Waals surface area contributed by atoms with Crippen LogP contribution >= 0.6 is 24.0 Å². The van der Waals surface area contributed by atoms with Crippen molar-refractivity contribution in [2.24, 2.45) is 4.99 Å². The lowest BCUT2D eigenvalue weighted by Crippen LogP contribution is -2.36. The first-order chi connectivity index (χ1) is 11.6. The predicted molar refractivity (Wildman–Crippen MR) is 99.2 cm³/mol. The molecule has 0 bridgehead atoms. The Bertz CT molecular complexity index is 681. The number of nitrogens with one attached hydrogen (secondary N) is 2. The van der Waals surface area contributed by atoms with Crippen LogP contribution in [-0.4, -0.2) is 29.3 Å². The molecule has 0 aliphatic heterocycles. The quantitative estimate of drug-likeness (QED) is 0.370. The lowest BCUT2D eigenvalue weighted by atomic mass is 10.2. The number of nitrogens with zero attached hydrogens (tertiary/aromatic N) is 3. The van der Waals surface area contributed by atoms with Crippen LogP contribution in [0, 0.1) is 6.92 Å². The summed E-state index contributed by atoms with van der Waals surface area (Å²) in [6.45, 7) is 1.91. The maximum atomic E-state index is 12.4. The van der Waals surface area contributed by atoms with Gasteiger partial charge in [-0.3, -0.25) is 0 Å². The minimum Gasteiger partial charge on any atom is -0.434 e. The summed E-state index contributed by atoms with van der Waals surface area (Å²) < 4.78 is 34.4. The molecule has 0 amide bonds. The first-order valence-corrected chi connectivity index (χ1v) is 7.42. The normalized spacial score (nSPS) is 11.2. The number of guanidine groups is 1. The van der Waals surface area contributed by atoms with Crippen molar-refractivity contribution in [2.75, 3.05) is 6.54 Å². The molecule has 0 atom stereocenters. The van der Waals surface area contributed by atoms with Crippen LogP contribution in [0.5, 0.6) is 5.75 Å². The molecule has 1 aromatic carbocycles. The number of ether oxygens (including phenoxy) is 1. The molecule has 7 nitrogen and oxygen atoms in total. The van der Waals surface area contributed by atoms with Gasteiger partial charge in [0.1, 0.15) is 5.75 Å². The Morgan fingerprint density at radius 1 is 1.32 bits per heavy atom. The van der Waals surface area contributed by atoms with E-state index >= 15 is 0 Å². The summed E-state index contributed by atoms with van der Waals surface area (Å²) in [4.78, 5) is 8.43. The van der Waals surface area contributed by atoms with E-state index in [0.717, 1.165) is 0 Å². The van der Waals surface area contributed by atoms with Gasteiger partial charge in [0.15, 0.2) is 11.8 Å². The van der Waals surface area contributed by atoms with Gasteiger partial charge in [-0.25, -0.2) is 4.99 Å². The molecule has 10 heteroatoms. The summed E-state index contributed by atoms with van der Waals surface area (Å²) >= 11 is 0. The highest BCUT2D eigenvalue weighted by atomic mass is 127. The van der Waals surface area contributed by atoms with Gasteiger partial charge in [0.05, 0.1) is 13.1 Å². The third kappa shape index (κ3) is 7.20. The smallest absolute Gasteiger partial charge is 0.387 e. The summed E-state index contributed by atoms with van der Waals surface area (Å²) in [5.41, 5.74) is 0.559. The first-order valence-electron chi connectivity index (χ1n) is 7.42. The second kappa shape index (κ2) is 10.8. The highest BCUT2D eigenvalue weighted by molar-refractivity contribution is 14.0. The van der Waals surface area contributed by atoms with E-state index in [9.17, 15) is 8.78 Å². The van der Waals surface area contributed by atoms with Crippen LogP contribution in [-0.2, 0) is 13.1 Å². The predicted octanol–water partition coefficient (Wildman–Crippen LogP) is 2.85. The molecule has 0 fully saturated rings. The fourth-order valence-electron chi connectivity index (χ4n) is 1.92. The maximum absolute atomic E-state index is 12.4. The highest BCUT2D eigenvalue weighted by Crippen LogP contribution is 2.20. The van der Waals surface area contributed by atoms with Crippen molar-refractivity contribution in [3.05, 3.63) is 41.5 Å². The zero-order valence-corrected chi connectivity index (χ0v) is 16.2. The standard InChI is InChI=1S/C15H19F2N5O2.HI/c1-3-18-15(20-9-13-21-10(2)22-24-13)19-8-11-6-4-5-7-12(11)23-14(16)17;/h4-7,14H,3,8-9H2,1-2H3,(H2,18,19,20);1H. The summed E-state index contributed by atoms with van der Waals surface area (Å²) in [6.07, 6.45) is 0. The zero-order valence-electron chi connectivity index (χ0n) is 13.8. The van der Waals surface area contributed by atoms with Gasteiger partial charge in [0.2, 0.25) is 5.89 Å². The van der Waals surface area contributed by atoms with Crippen molar-refractivity contribution in [1.82, 2.24) is 20.8 Å². The van der Waals surface area contributed by atoms with Crippen LogP contribution in [0.15, 0.2) is 33.8 Å². The molecule has 0 aliphatic rings. The second-order valence-electron chi connectivity index (χ2n) is 4.77. The molecule has 25 heavy (non-hydrogen) atoms. The molecular formula is C15H20F2IN5O2. The topological polar surface area (TPSA) is 84.6 Å². The number of halogens is 3. The monoisotopic (exact) mass is 467 g/mol. The van der Waals surface area contributed by atoms with Crippen molar-refractivity contribution >= 4 is 29.9 Å². The van der Waals surface area contributed by atoms with E-state index in [1.165, 1.54) is 6.07 Å². The summed E-state index contributed by atoms with van der Waals surface area (Å²) in [7, 11) is 0. The van der Waals surface area contributed by atoms with E-state index in [4.69, 9.17) is 4.52 Å². The number of aryl methyl sites for hydroxylation is 1. The van der Waals surface area contributed by atoms with E-state index < -0.39 is 6.61 Å². The van der Waals surface area contributed by atoms with Gasteiger partial charge in [0, 0.05) is 12.1 Å². The van der Waals surface area contributed by atoms with Crippen molar-refractivity contribution in [1.29, 1.82) is 0 Å². The maximum Gasteiger partial charge on any atom is 0.387 e. The molecule has 0 spiro atoms. The zero-order chi connectivity index (χ0) is 17.4. The molecule has 2 aromatic rings. The number of alkyl halides is 2. The largest absolute Gasteiger partial charge is 0.434 e. The van der Waals surface area contributed by atoms with Crippen LogP contribution in [0.3, 0.4) is 0 Å². The van der Waals surface area contributed by atoms with Crippen molar-refractivity contribution in [2.45, 2.75) is 33.5 Å². The average molecular weight is 467 g/mol. The highest BCUT2D eigenvalue weighted by Gasteiger charge is 2.09. The van der Waals surface area contributed by atoms with Crippen LogP contribution in [0.1, 0.15) is 24.2 Å². The Labute approximate surface area is 161 Å². The molecule has 0 radical (unpaired) electrons. The fourth-order valence-corrected chi connectivity index (χ4v) is 1.92. The number of para-hydroxylation sites is 1. The van der Waals surface area contributed by atoms with Crippen LogP contribution in [0.4, 0.5) is 8.78 Å². The van der Waals surface area contributed by atoms with E-state index in [2.05, 4.69) is 30.5 Å². The molecule has 0 aliphatic carbocycles. The third-order valence-corrected chi connectivity index (χ3v) is 2.92. The summed E-state index contributed by atoms with van der Waals surface area (Å²) in [5.74, 6) is 1.59. The lowest BCUT2D eigenvalue weighted by Gasteiger charge is -2.11. The van der Waals surface area contributed by atoms with Gasteiger partial charge >= 0.3 is 6.61 Å². The molecule has 0 saturated heterocycles. The number of aliphatic imine (C=N–C) groups is 1. The first kappa shape index (κ1) is 21.1. The minimum atomic E-state index is -2.87. The SMILES string of the molecule is CCNC(=NCc1ccccc1OC(F)F)NCc1nc(C)no1.I. The molecule has 2 rings (SSSR count). The van der Waals surface area contributed by atoms with Gasteiger partial charge in [-0.1, -0.05) is 23.4 Å². The van der Waals surface area contributed by atoms with Gasteiger partial charge in [-0.05, 0) is 19.9 Å². The van der Waals surface area contributed by atoms with Gasteiger partial charge in [-0.2, -0.15) is 13.8 Å². The van der Waals surface area contributed by atoms with E-state index in [-0.39, 0.29) is 36.3 Å². The Kier molecular flexibility index (Phi) is 9.10. The number of aromatic nitrogens is 2. The Hall–Kier alpha value is -1.98. The van der Waals surface area contributed by atoms with Crippen molar-refractivity contribution in [3.8, 4) is 5.75 Å². The number of rotatable bonds is 7. The third-order valence-electron chi connectivity index (χ3n) is 2.92. The molecule has 1 heterocycles. The van der Waals surface area contributed by atoms with Crippen molar-refractivity contribution in [3.63, 3.8) is 0 Å². The summed E-state index contributed by atoms with van der Waals surface area (Å²) in [6, 6.07) is 6.54. The van der Waals surface area contributed by atoms with E-state index in [1.807, 2.05) is 6.92 Å². The molecular weight excluding hydrogens is 447 g/mol. The number of hydrogen-bond acceptors (Lipinski definition) is 5. The van der Waals surface area contributed by atoms with Gasteiger partial charge in [-0.15, -0.1) is 24.0 Å². The average Bonchev–Trinajstić information content (AvgIpc) is 2.96. The van der Waals surface area contributed by atoms with Crippen LogP contribution in [0.25, 0.3) is 0 Å². The van der Waals surface area contributed by atoms with E-state index in [0.29, 0.717) is 36.3 Å². The molecule has 0 unspecified atom stereocenters.